The third kappa shape index (κ3) is 4.64. The fourth-order valence-electron chi connectivity index (χ4n) is 3.15. The van der Waals surface area contributed by atoms with Gasteiger partial charge in [-0.1, -0.05) is 6.07 Å². The predicted molar refractivity (Wildman–Crippen MR) is 101 cm³/mol. The van der Waals surface area contributed by atoms with Crippen LogP contribution in [-0.2, 0) is 15.8 Å². The first-order chi connectivity index (χ1) is 14.1. The molecule has 1 saturated heterocycles. The van der Waals surface area contributed by atoms with E-state index in [9.17, 15) is 27.6 Å². The number of nitrogens with one attached hydrogen (secondary N) is 1. The van der Waals surface area contributed by atoms with Gasteiger partial charge >= 0.3 is 18.0 Å². The highest BCUT2D eigenvalue weighted by Crippen LogP contribution is 2.33. The molecule has 0 unspecified atom stereocenters. The summed E-state index contributed by atoms with van der Waals surface area (Å²) in [5, 5.41) is 2.22. The molecule has 1 aliphatic heterocycles. The number of carbonyl (C=O) groups excluding carboxylic acids is 3. The lowest BCUT2D eigenvalue weighted by atomic mass is 10.1. The van der Waals surface area contributed by atoms with Crippen molar-refractivity contribution in [2.24, 2.45) is 0 Å². The summed E-state index contributed by atoms with van der Waals surface area (Å²) in [6, 6.07) is 6.57. The van der Waals surface area contributed by atoms with E-state index in [2.05, 4.69) is 5.32 Å². The predicted octanol–water partition coefficient (Wildman–Crippen LogP) is 2.84. The van der Waals surface area contributed by atoms with Crippen LogP contribution in [0.2, 0.25) is 0 Å². The normalized spacial score (nSPS) is 14.6. The minimum Gasteiger partial charge on any atom is -0.456 e. The molecule has 0 bridgehead atoms. The maximum Gasteiger partial charge on any atom is 0.416 e. The highest BCUT2D eigenvalue weighted by molar-refractivity contribution is 6.39. The van der Waals surface area contributed by atoms with Crippen LogP contribution >= 0.6 is 0 Å². The van der Waals surface area contributed by atoms with E-state index in [4.69, 9.17) is 4.42 Å². The van der Waals surface area contributed by atoms with E-state index < -0.39 is 23.6 Å². The van der Waals surface area contributed by atoms with Crippen molar-refractivity contribution in [3.8, 4) is 0 Å². The molecule has 0 radical (unpaired) electrons. The van der Waals surface area contributed by atoms with Crippen molar-refractivity contribution in [1.82, 2.24) is 9.80 Å². The van der Waals surface area contributed by atoms with Gasteiger partial charge in [0.05, 0.1) is 5.56 Å². The van der Waals surface area contributed by atoms with Gasteiger partial charge in [0.15, 0.2) is 5.76 Å². The molecule has 1 fully saturated rings. The van der Waals surface area contributed by atoms with Crippen LogP contribution in [0.25, 0.3) is 0 Å². The van der Waals surface area contributed by atoms with Crippen molar-refractivity contribution in [2.75, 3.05) is 31.5 Å². The first kappa shape index (κ1) is 21.4. The second-order valence-corrected chi connectivity index (χ2v) is 6.98. The molecule has 3 rings (SSSR count). The monoisotopic (exact) mass is 423 g/mol. The maximum absolute atomic E-state index is 13.0. The van der Waals surface area contributed by atoms with Gasteiger partial charge in [-0.3, -0.25) is 14.4 Å². The van der Waals surface area contributed by atoms with E-state index >= 15 is 0 Å². The lowest BCUT2D eigenvalue weighted by molar-refractivity contribution is -0.144. The van der Waals surface area contributed by atoms with E-state index in [0.29, 0.717) is 5.76 Å². The van der Waals surface area contributed by atoms with Crippen molar-refractivity contribution in [1.29, 1.82) is 0 Å². The Balaban J connectivity index is 1.59. The van der Waals surface area contributed by atoms with Crippen molar-refractivity contribution in [2.45, 2.75) is 20.0 Å². The molecule has 1 N–H and O–H groups in total. The number of nitrogens with zero attached hydrogens (tertiary/aromatic N) is 2. The standard InChI is InChI=1S/C20H20F3N3O4/c1-12-3-5-14(11-15(12)20(21,22)23)24-17(27)19(29)26-9-7-25(8-10-26)18(28)16-6-4-13(2)30-16/h3-6,11H,7-10H2,1-2H3,(H,24,27). The molecule has 2 heterocycles. The molecule has 3 amide bonds. The number of aryl methyl sites for hydroxylation is 2. The number of hydrogen-bond acceptors (Lipinski definition) is 4. The number of piperazine rings is 1. The van der Waals surface area contributed by atoms with E-state index in [1.165, 1.54) is 28.9 Å². The Kier molecular flexibility index (Phi) is 5.86. The zero-order valence-electron chi connectivity index (χ0n) is 16.4. The van der Waals surface area contributed by atoms with E-state index in [-0.39, 0.29) is 49.1 Å². The van der Waals surface area contributed by atoms with Gasteiger partial charge in [-0.2, -0.15) is 13.2 Å². The Bertz CT molecular complexity index is 976. The minimum atomic E-state index is -4.57. The van der Waals surface area contributed by atoms with Gasteiger partial charge < -0.3 is 19.5 Å². The van der Waals surface area contributed by atoms with E-state index in [1.807, 2.05) is 0 Å². The van der Waals surface area contributed by atoms with E-state index in [0.717, 1.165) is 6.07 Å². The van der Waals surface area contributed by atoms with Crippen LogP contribution in [-0.4, -0.2) is 53.7 Å². The molecule has 1 aliphatic rings. The third-order valence-corrected chi connectivity index (χ3v) is 4.80. The van der Waals surface area contributed by atoms with Crippen LogP contribution in [0.15, 0.2) is 34.7 Å². The van der Waals surface area contributed by atoms with Crippen LogP contribution in [0.1, 0.15) is 27.4 Å². The molecule has 30 heavy (non-hydrogen) atoms. The van der Waals surface area contributed by atoms with Crippen molar-refractivity contribution < 1.29 is 32.0 Å². The average molecular weight is 423 g/mol. The second kappa shape index (κ2) is 8.21. The summed E-state index contributed by atoms with van der Waals surface area (Å²) in [5.41, 5.74) is -0.985. The number of halogens is 3. The lowest BCUT2D eigenvalue weighted by Crippen LogP contribution is -2.52. The lowest BCUT2D eigenvalue weighted by Gasteiger charge is -2.33. The quantitative estimate of drug-likeness (QED) is 0.753. The van der Waals surface area contributed by atoms with Crippen LogP contribution < -0.4 is 5.32 Å². The van der Waals surface area contributed by atoms with Gasteiger partial charge in [0.1, 0.15) is 5.76 Å². The van der Waals surface area contributed by atoms with Crippen molar-refractivity contribution in [3.05, 3.63) is 53.0 Å². The molecule has 1 aromatic heterocycles. The molecule has 0 saturated carbocycles. The Morgan fingerprint density at radius 2 is 1.60 bits per heavy atom. The molecule has 160 valence electrons. The van der Waals surface area contributed by atoms with Gasteiger partial charge in [0, 0.05) is 31.9 Å². The Labute approximate surface area is 170 Å². The number of benzene rings is 1. The summed E-state index contributed by atoms with van der Waals surface area (Å²) in [4.78, 5) is 39.7. The summed E-state index contributed by atoms with van der Waals surface area (Å²) < 4.78 is 44.3. The van der Waals surface area contributed by atoms with Crippen LogP contribution in [0.4, 0.5) is 18.9 Å². The number of amides is 3. The second-order valence-electron chi connectivity index (χ2n) is 6.98. The number of furan rings is 1. The average Bonchev–Trinajstić information content (AvgIpc) is 3.14. The fourth-order valence-corrected chi connectivity index (χ4v) is 3.15. The first-order valence-corrected chi connectivity index (χ1v) is 9.20. The zero-order valence-corrected chi connectivity index (χ0v) is 16.4. The molecular formula is C20H20F3N3O4. The summed E-state index contributed by atoms with van der Waals surface area (Å²) in [6.45, 7) is 3.70. The van der Waals surface area contributed by atoms with Gasteiger partial charge in [0.25, 0.3) is 5.91 Å². The Morgan fingerprint density at radius 1 is 0.967 bits per heavy atom. The highest BCUT2D eigenvalue weighted by atomic mass is 19.4. The number of hydrogen-bond donors (Lipinski definition) is 1. The number of anilines is 1. The smallest absolute Gasteiger partial charge is 0.416 e. The van der Waals surface area contributed by atoms with E-state index in [1.54, 1.807) is 19.1 Å². The molecule has 1 aromatic carbocycles. The topological polar surface area (TPSA) is 82.9 Å². The van der Waals surface area contributed by atoms with Crippen LogP contribution in [0.3, 0.4) is 0 Å². The van der Waals surface area contributed by atoms with Gasteiger partial charge in [-0.25, -0.2) is 0 Å². The number of alkyl halides is 3. The van der Waals surface area contributed by atoms with Gasteiger partial charge in [-0.05, 0) is 43.7 Å². The SMILES string of the molecule is Cc1ccc(C(=O)N2CCN(C(=O)C(=O)Nc3ccc(C)c(C(F)(F)F)c3)CC2)o1. The van der Waals surface area contributed by atoms with Crippen molar-refractivity contribution in [3.63, 3.8) is 0 Å². The molecule has 0 aliphatic carbocycles. The molecule has 10 heteroatoms. The van der Waals surface area contributed by atoms with Gasteiger partial charge in [-0.15, -0.1) is 0 Å². The first-order valence-electron chi connectivity index (χ1n) is 9.20. The maximum atomic E-state index is 13.0. The zero-order chi connectivity index (χ0) is 22.1. The highest BCUT2D eigenvalue weighted by Gasteiger charge is 2.33. The largest absolute Gasteiger partial charge is 0.456 e. The summed E-state index contributed by atoms with van der Waals surface area (Å²) in [5.74, 6) is -1.41. The third-order valence-electron chi connectivity index (χ3n) is 4.80. The number of rotatable bonds is 2. The summed E-state index contributed by atoms with van der Waals surface area (Å²) in [7, 11) is 0. The molecule has 2 aromatic rings. The summed E-state index contributed by atoms with van der Waals surface area (Å²) in [6.07, 6.45) is -4.57. The molecule has 0 atom stereocenters. The summed E-state index contributed by atoms with van der Waals surface area (Å²) >= 11 is 0. The van der Waals surface area contributed by atoms with Crippen molar-refractivity contribution >= 4 is 23.4 Å². The minimum absolute atomic E-state index is 0.0133. The molecule has 7 nitrogen and oxygen atoms in total. The van der Waals surface area contributed by atoms with Crippen LogP contribution in [0, 0.1) is 13.8 Å². The Hall–Kier alpha value is -3.30. The number of carbonyl (C=O) groups is 3. The molecule has 0 spiro atoms. The van der Waals surface area contributed by atoms with Crippen LogP contribution in [0.5, 0.6) is 0 Å². The Morgan fingerprint density at radius 3 is 2.17 bits per heavy atom. The fraction of sp³-hybridized carbons (Fsp3) is 0.350. The van der Waals surface area contributed by atoms with Gasteiger partial charge in [0.2, 0.25) is 0 Å². The molecular weight excluding hydrogens is 403 g/mol.